The normalized spacial score (nSPS) is 16.0. The number of aromatic nitrogens is 1. The number of amides is 1. The zero-order valence-corrected chi connectivity index (χ0v) is 17.1. The largest absolute Gasteiger partial charge is 0.448 e. The van der Waals surface area contributed by atoms with E-state index >= 15 is 0 Å². The molecule has 3 heterocycles. The number of carbonyl (C=O) groups is 1. The van der Waals surface area contributed by atoms with Crippen LogP contribution in [0.25, 0.3) is 21.0 Å². The lowest BCUT2D eigenvalue weighted by molar-refractivity contribution is 0.0614. The molecule has 2 aromatic heterocycles. The van der Waals surface area contributed by atoms with Crippen LogP contribution in [0.15, 0.2) is 40.8 Å². The first-order chi connectivity index (χ1) is 13.4. The summed E-state index contributed by atoms with van der Waals surface area (Å²) in [4.78, 5) is 21.1. The van der Waals surface area contributed by atoms with Gasteiger partial charge in [0.2, 0.25) is 0 Å². The Morgan fingerprint density at radius 3 is 2.61 bits per heavy atom. The number of benzene rings is 1. The molecule has 4 rings (SSSR count). The van der Waals surface area contributed by atoms with Crippen LogP contribution in [0.1, 0.15) is 10.6 Å². The molecule has 28 heavy (non-hydrogen) atoms. The first kappa shape index (κ1) is 19.1. The highest BCUT2D eigenvalue weighted by atomic mass is 32.2. The maximum absolute atomic E-state index is 12.7. The number of carbonyl (C=O) groups excluding carboxylic acids is 1. The summed E-state index contributed by atoms with van der Waals surface area (Å²) in [5.74, 6) is 0.898. The summed E-state index contributed by atoms with van der Waals surface area (Å²) in [6.45, 7) is 2.93. The van der Waals surface area contributed by atoms with Gasteiger partial charge in [0.1, 0.15) is 9.84 Å². The molecule has 1 fully saturated rings. The quantitative estimate of drug-likeness (QED) is 0.631. The molecule has 1 aliphatic rings. The third kappa shape index (κ3) is 4.26. The van der Waals surface area contributed by atoms with Crippen LogP contribution in [-0.4, -0.2) is 73.8 Å². The van der Waals surface area contributed by atoms with Crippen molar-refractivity contribution < 1.29 is 17.6 Å². The van der Waals surface area contributed by atoms with Crippen LogP contribution in [0.3, 0.4) is 0 Å². The Kier molecular flexibility index (Phi) is 5.22. The summed E-state index contributed by atoms with van der Waals surface area (Å²) < 4.78 is 29.5. The maximum Gasteiger partial charge on any atom is 0.289 e. The molecule has 0 bridgehead atoms. The Balaban J connectivity index is 1.40. The van der Waals surface area contributed by atoms with Crippen molar-refractivity contribution in [3.8, 4) is 10.8 Å². The Hall–Kier alpha value is -2.23. The number of hydrogen-bond acceptors (Lipinski definition) is 7. The summed E-state index contributed by atoms with van der Waals surface area (Å²) in [6.07, 6.45) is 1.24. The van der Waals surface area contributed by atoms with Gasteiger partial charge < -0.3 is 9.32 Å². The number of hydrogen-bond donors (Lipinski definition) is 0. The van der Waals surface area contributed by atoms with E-state index in [1.165, 1.54) is 17.6 Å². The van der Waals surface area contributed by atoms with Crippen LogP contribution < -0.4 is 0 Å². The fraction of sp³-hybridized carbons (Fsp3) is 0.368. The third-order valence-electron chi connectivity index (χ3n) is 4.76. The van der Waals surface area contributed by atoms with Gasteiger partial charge in [0, 0.05) is 39.0 Å². The lowest BCUT2D eigenvalue weighted by Crippen LogP contribution is -2.49. The van der Waals surface area contributed by atoms with E-state index in [9.17, 15) is 13.2 Å². The predicted octanol–water partition coefficient (Wildman–Crippen LogP) is 2.36. The lowest BCUT2D eigenvalue weighted by Gasteiger charge is -2.34. The van der Waals surface area contributed by atoms with Crippen LogP contribution >= 0.6 is 11.3 Å². The van der Waals surface area contributed by atoms with E-state index in [0.717, 1.165) is 15.2 Å². The number of fused-ring (bicyclic) bond motifs is 1. The lowest BCUT2D eigenvalue weighted by atomic mass is 10.3. The first-order valence-corrected chi connectivity index (χ1v) is 11.9. The molecule has 0 unspecified atom stereocenters. The molecule has 7 nitrogen and oxygen atoms in total. The van der Waals surface area contributed by atoms with Gasteiger partial charge in [-0.3, -0.25) is 9.69 Å². The summed E-state index contributed by atoms with van der Waals surface area (Å²) in [6, 6.07) is 11.4. The Morgan fingerprint density at radius 2 is 1.89 bits per heavy atom. The molecule has 9 heteroatoms. The van der Waals surface area contributed by atoms with Gasteiger partial charge in [-0.2, -0.15) is 0 Å². The van der Waals surface area contributed by atoms with Crippen molar-refractivity contribution in [1.82, 2.24) is 14.8 Å². The average molecular weight is 420 g/mol. The topological polar surface area (TPSA) is 83.7 Å². The van der Waals surface area contributed by atoms with Crippen molar-refractivity contribution in [2.75, 3.05) is 44.7 Å². The van der Waals surface area contributed by atoms with E-state index in [0.29, 0.717) is 44.2 Å². The molecule has 148 valence electrons. The van der Waals surface area contributed by atoms with Crippen LogP contribution in [-0.2, 0) is 9.84 Å². The van der Waals surface area contributed by atoms with Crippen molar-refractivity contribution in [2.24, 2.45) is 0 Å². The van der Waals surface area contributed by atoms with Crippen LogP contribution in [0.5, 0.6) is 0 Å². The molecule has 0 radical (unpaired) electrons. The number of furan rings is 1. The van der Waals surface area contributed by atoms with Gasteiger partial charge in [-0.05, 0) is 24.3 Å². The standard InChI is InChI=1S/C19H21N3O4S2/c1-28(24,25)13-12-21-8-10-22(11-9-21)19(23)16-7-6-15(26-16)18-20-14-4-2-3-5-17(14)27-18/h2-7H,8-13H2,1H3. The first-order valence-electron chi connectivity index (χ1n) is 9.04. The number of nitrogens with zero attached hydrogens (tertiary/aromatic N) is 3. The number of thiazole rings is 1. The number of sulfone groups is 1. The summed E-state index contributed by atoms with van der Waals surface area (Å²) in [5.41, 5.74) is 0.914. The van der Waals surface area contributed by atoms with Gasteiger partial charge in [-0.1, -0.05) is 12.1 Å². The highest BCUT2D eigenvalue weighted by Gasteiger charge is 2.25. The minimum absolute atomic E-state index is 0.143. The molecule has 1 amide bonds. The molecule has 1 aromatic carbocycles. The molecule has 0 aliphatic carbocycles. The summed E-state index contributed by atoms with van der Waals surface area (Å²) >= 11 is 1.53. The van der Waals surface area contributed by atoms with Crippen LogP contribution in [0, 0.1) is 0 Å². The average Bonchev–Trinajstić information content (AvgIpc) is 3.32. The Labute approximate surface area is 167 Å². The van der Waals surface area contributed by atoms with Gasteiger partial charge in [0.05, 0.1) is 16.0 Å². The van der Waals surface area contributed by atoms with E-state index in [1.54, 1.807) is 17.0 Å². The van der Waals surface area contributed by atoms with E-state index in [-0.39, 0.29) is 11.7 Å². The van der Waals surface area contributed by atoms with Crippen molar-refractivity contribution in [3.05, 3.63) is 42.2 Å². The van der Waals surface area contributed by atoms with Crippen LogP contribution in [0.4, 0.5) is 0 Å². The SMILES string of the molecule is CS(=O)(=O)CCN1CCN(C(=O)c2ccc(-c3nc4ccccc4s3)o2)CC1. The van der Waals surface area contributed by atoms with Crippen molar-refractivity contribution in [3.63, 3.8) is 0 Å². The van der Waals surface area contributed by atoms with E-state index in [4.69, 9.17) is 4.42 Å². The highest BCUT2D eigenvalue weighted by Crippen LogP contribution is 2.31. The second-order valence-corrected chi connectivity index (χ2v) is 10.2. The van der Waals surface area contributed by atoms with Gasteiger partial charge in [-0.15, -0.1) is 11.3 Å². The van der Waals surface area contributed by atoms with Crippen molar-refractivity contribution in [1.29, 1.82) is 0 Å². The van der Waals surface area contributed by atoms with E-state index < -0.39 is 9.84 Å². The summed E-state index contributed by atoms with van der Waals surface area (Å²) in [5, 5.41) is 0.755. The molecule has 1 saturated heterocycles. The van der Waals surface area contributed by atoms with Crippen molar-refractivity contribution in [2.45, 2.75) is 0 Å². The number of rotatable bonds is 5. The van der Waals surface area contributed by atoms with Gasteiger partial charge >= 0.3 is 0 Å². The zero-order valence-electron chi connectivity index (χ0n) is 15.5. The zero-order chi connectivity index (χ0) is 19.7. The molecule has 3 aromatic rings. The van der Waals surface area contributed by atoms with E-state index in [1.807, 2.05) is 24.3 Å². The molecule has 0 N–H and O–H groups in total. The molecule has 0 spiro atoms. The fourth-order valence-corrected chi connectivity index (χ4v) is 4.69. The van der Waals surface area contributed by atoms with Gasteiger partial charge in [0.25, 0.3) is 5.91 Å². The molecule has 0 atom stereocenters. The molecule has 1 aliphatic heterocycles. The highest BCUT2D eigenvalue weighted by molar-refractivity contribution is 7.90. The van der Waals surface area contributed by atoms with Gasteiger partial charge in [-0.25, -0.2) is 13.4 Å². The monoisotopic (exact) mass is 419 g/mol. The minimum atomic E-state index is -2.97. The number of piperazine rings is 1. The summed E-state index contributed by atoms with van der Waals surface area (Å²) in [7, 11) is -2.97. The third-order valence-corrected chi connectivity index (χ3v) is 6.73. The Morgan fingerprint density at radius 1 is 1.14 bits per heavy atom. The smallest absolute Gasteiger partial charge is 0.289 e. The molecular weight excluding hydrogens is 398 g/mol. The minimum Gasteiger partial charge on any atom is -0.448 e. The fourth-order valence-electron chi connectivity index (χ4n) is 3.17. The van der Waals surface area contributed by atoms with Crippen LogP contribution in [0.2, 0.25) is 0 Å². The second-order valence-electron chi connectivity index (χ2n) is 6.91. The number of para-hydroxylation sites is 1. The molecule has 0 saturated carbocycles. The molecular formula is C19H21N3O4S2. The Bertz CT molecular complexity index is 1060. The van der Waals surface area contributed by atoms with Gasteiger partial charge in [0.15, 0.2) is 16.5 Å². The second kappa shape index (κ2) is 7.65. The van der Waals surface area contributed by atoms with Crippen molar-refractivity contribution >= 4 is 37.3 Å². The van der Waals surface area contributed by atoms with E-state index in [2.05, 4.69) is 9.88 Å². The maximum atomic E-state index is 12.7. The predicted molar refractivity (Wildman–Crippen MR) is 109 cm³/mol.